The lowest BCUT2D eigenvalue weighted by Gasteiger charge is -2.13. The third-order valence-electron chi connectivity index (χ3n) is 3.82. The summed E-state index contributed by atoms with van der Waals surface area (Å²) >= 11 is 1.32. The highest BCUT2D eigenvalue weighted by molar-refractivity contribution is 7.22. The van der Waals surface area contributed by atoms with Gasteiger partial charge in [0.1, 0.15) is 5.76 Å². The van der Waals surface area contributed by atoms with Crippen LogP contribution < -0.4 is 5.01 Å². The fourth-order valence-corrected chi connectivity index (χ4v) is 3.39. The maximum Gasteiger partial charge on any atom is 0.280 e. The van der Waals surface area contributed by atoms with Gasteiger partial charge in [-0.2, -0.15) is 10.1 Å². The average Bonchev–Trinajstić information content (AvgIpc) is 3.37. The lowest BCUT2D eigenvalue weighted by Crippen LogP contribution is -2.25. The Labute approximate surface area is 162 Å². The Morgan fingerprint density at radius 2 is 1.93 bits per heavy atom. The number of nitro groups is 1. The Bertz CT molecular complexity index is 1130. The summed E-state index contributed by atoms with van der Waals surface area (Å²) in [6.07, 6.45) is 2.91. The molecule has 4 rings (SSSR count). The van der Waals surface area contributed by atoms with Crippen LogP contribution in [0.15, 0.2) is 76.4 Å². The van der Waals surface area contributed by atoms with Crippen LogP contribution >= 0.6 is 11.3 Å². The molecule has 0 fully saturated rings. The van der Waals surface area contributed by atoms with Crippen LogP contribution in [-0.2, 0) is 0 Å². The molecule has 0 aliphatic heterocycles. The predicted molar refractivity (Wildman–Crippen MR) is 106 cm³/mol. The first-order chi connectivity index (χ1) is 13.6. The van der Waals surface area contributed by atoms with Crippen LogP contribution in [0.2, 0.25) is 0 Å². The highest BCUT2D eigenvalue weighted by atomic mass is 32.1. The molecule has 0 unspecified atom stereocenters. The van der Waals surface area contributed by atoms with Crippen molar-refractivity contribution in [3.63, 3.8) is 0 Å². The lowest BCUT2D eigenvalue weighted by molar-refractivity contribution is -0.384. The van der Waals surface area contributed by atoms with E-state index in [1.807, 2.05) is 24.3 Å². The maximum atomic E-state index is 13.0. The number of hydrogen-bond donors (Lipinski definition) is 0. The van der Waals surface area contributed by atoms with Crippen LogP contribution in [0.25, 0.3) is 10.2 Å². The normalized spacial score (nSPS) is 11.1. The summed E-state index contributed by atoms with van der Waals surface area (Å²) in [5.41, 5.74) is 0.904. The van der Waals surface area contributed by atoms with E-state index < -0.39 is 10.8 Å². The topological polar surface area (TPSA) is 102 Å². The van der Waals surface area contributed by atoms with Crippen molar-refractivity contribution in [1.82, 2.24) is 4.98 Å². The molecule has 0 radical (unpaired) electrons. The Kier molecular flexibility index (Phi) is 4.65. The predicted octanol–water partition coefficient (Wildman–Crippen LogP) is 4.48. The van der Waals surface area contributed by atoms with Gasteiger partial charge in [-0.1, -0.05) is 23.5 Å². The standard InChI is InChI=1S/C19H12N4O4S/c24-18(13-7-9-14(10-8-13)23(25)26)22(20-12-15-4-3-11-27-15)19-21-16-5-1-2-6-17(16)28-19/h1-12H. The van der Waals surface area contributed by atoms with E-state index in [9.17, 15) is 14.9 Å². The Morgan fingerprint density at radius 1 is 1.14 bits per heavy atom. The number of nitro benzene ring substituents is 1. The first-order valence-electron chi connectivity index (χ1n) is 8.14. The second kappa shape index (κ2) is 7.41. The number of carbonyl (C=O) groups excluding carboxylic acids is 1. The van der Waals surface area contributed by atoms with Gasteiger partial charge in [-0.3, -0.25) is 14.9 Å². The van der Waals surface area contributed by atoms with Crippen molar-refractivity contribution < 1.29 is 14.1 Å². The summed E-state index contributed by atoms with van der Waals surface area (Å²) in [5.74, 6) is 0.0133. The number of fused-ring (bicyclic) bond motifs is 1. The summed E-state index contributed by atoms with van der Waals surface area (Å²) in [4.78, 5) is 27.8. The van der Waals surface area contributed by atoms with Gasteiger partial charge in [-0.05, 0) is 36.4 Å². The highest BCUT2D eigenvalue weighted by Gasteiger charge is 2.21. The number of nitrogens with zero attached hydrogens (tertiary/aromatic N) is 4. The number of rotatable bonds is 5. The van der Waals surface area contributed by atoms with Crippen molar-refractivity contribution in [3.8, 4) is 0 Å². The maximum absolute atomic E-state index is 13.0. The number of hydrogen-bond acceptors (Lipinski definition) is 7. The van der Waals surface area contributed by atoms with Gasteiger partial charge in [0.05, 0.1) is 27.6 Å². The van der Waals surface area contributed by atoms with Crippen LogP contribution in [0.5, 0.6) is 0 Å². The van der Waals surface area contributed by atoms with E-state index >= 15 is 0 Å². The number of amides is 1. The fourth-order valence-electron chi connectivity index (χ4n) is 2.47. The number of hydrazone groups is 1. The van der Waals surface area contributed by atoms with Crippen molar-refractivity contribution >= 4 is 44.5 Å². The monoisotopic (exact) mass is 392 g/mol. The first-order valence-corrected chi connectivity index (χ1v) is 8.95. The molecule has 0 saturated heterocycles. The van der Waals surface area contributed by atoms with Crippen LogP contribution in [0.4, 0.5) is 10.8 Å². The van der Waals surface area contributed by atoms with Crippen molar-refractivity contribution in [2.75, 3.05) is 5.01 Å². The van der Waals surface area contributed by atoms with Gasteiger partial charge in [0.25, 0.3) is 11.6 Å². The second-order valence-corrected chi connectivity index (χ2v) is 6.65. The number of carbonyl (C=O) groups is 1. The van der Waals surface area contributed by atoms with Crippen molar-refractivity contribution in [3.05, 3.63) is 88.4 Å². The highest BCUT2D eigenvalue weighted by Crippen LogP contribution is 2.30. The van der Waals surface area contributed by atoms with Crippen molar-refractivity contribution in [1.29, 1.82) is 0 Å². The molecule has 0 bridgehead atoms. The summed E-state index contributed by atoms with van der Waals surface area (Å²) in [6, 6.07) is 16.3. The van der Waals surface area contributed by atoms with E-state index in [0.717, 1.165) is 15.2 Å². The Morgan fingerprint density at radius 3 is 2.61 bits per heavy atom. The zero-order chi connectivity index (χ0) is 19.5. The number of benzene rings is 2. The molecule has 0 N–H and O–H groups in total. The molecule has 8 nitrogen and oxygen atoms in total. The van der Waals surface area contributed by atoms with Crippen molar-refractivity contribution in [2.24, 2.45) is 5.10 Å². The van der Waals surface area contributed by atoms with Gasteiger partial charge in [-0.15, -0.1) is 0 Å². The van der Waals surface area contributed by atoms with Crippen LogP contribution in [0.1, 0.15) is 16.1 Å². The molecule has 0 aliphatic rings. The number of anilines is 1. The number of thiazole rings is 1. The molecule has 2 aromatic heterocycles. The molecule has 0 aliphatic carbocycles. The van der Waals surface area contributed by atoms with E-state index in [-0.39, 0.29) is 11.3 Å². The minimum atomic E-state index is -0.519. The van der Waals surface area contributed by atoms with E-state index in [1.165, 1.54) is 48.1 Å². The Hall–Kier alpha value is -3.85. The Balaban J connectivity index is 1.73. The molecule has 28 heavy (non-hydrogen) atoms. The van der Waals surface area contributed by atoms with Gasteiger partial charge in [0, 0.05) is 17.7 Å². The molecule has 2 aromatic carbocycles. The number of para-hydroxylation sites is 1. The van der Waals surface area contributed by atoms with E-state index in [1.54, 1.807) is 12.1 Å². The molecule has 0 atom stereocenters. The minimum Gasteiger partial charge on any atom is -0.463 e. The third-order valence-corrected chi connectivity index (χ3v) is 4.84. The van der Waals surface area contributed by atoms with E-state index in [4.69, 9.17) is 4.42 Å². The SMILES string of the molecule is O=C(c1ccc([N+](=O)[O-])cc1)N(N=Cc1ccco1)c1nc2ccccc2s1. The van der Waals surface area contributed by atoms with Gasteiger partial charge < -0.3 is 4.42 Å². The van der Waals surface area contributed by atoms with Gasteiger partial charge in [0.15, 0.2) is 0 Å². The molecular weight excluding hydrogens is 380 g/mol. The zero-order valence-electron chi connectivity index (χ0n) is 14.3. The second-order valence-electron chi connectivity index (χ2n) is 5.65. The summed E-state index contributed by atoms with van der Waals surface area (Å²) < 4.78 is 6.14. The van der Waals surface area contributed by atoms with Gasteiger partial charge in [-0.25, -0.2) is 4.98 Å². The smallest absolute Gasteiger partial charge is 0.280 e. The summed E-state index contributed by atoms with van der Waals surface area (Å²) in [5, 5.41) is 16.6. The van der Waals surface area contributed by atoms with Gasteiger partial charge in [0.2, 0.25) is 5.13 Å². The number of aromatic nitrogens is 1. The van der Waals surface area contributed by atoms with Crippen LogP contribution in [0, 0.1) is 10.1 Å². The molecule has 4 aromatic rings. The summed E-state index contributed by atoms with van der Waals surface area (Å²) in [7, 11) is 0. The average molecular weight is 392 g/mol. The van der Waals surface area contributed by atoms with E-state index in [2.05, 4.69) is 10.1 Å². The molecule has 1 amide bonds. The van der Waals surface area contributed by atoms with Crippen LogP contribution in [-0.4, -0.2) is 22.0 Å². The van der Waals surface area contributed by atoms with Crippen molar-refractivity contribution in [2.45, 2.75) is 0 Å². The first kappa shape index (κ1) is 17.6. The summed E-state index contributed by atoms with van der Waals surface area (Å²) in [6.45, 7) is 0. The molecular formula is C19H12N4O4S. The largest absolute Gasteiger partial charge is 0.463 e. The molecule has 138 valence electrons. The number of furan rings is 1. The minimum absolute atomic E-state index is 0.0952. The molecule has 2 heterocycles. The zero-order valence-corrected chi connectivity index (χ0v) is 15.1. The van der Waals surface area contributed by atoms with Gasteiger partial charge >= 0.3 is 0 Å². The number of non-ortho nitro benzene ring substituents is 1. The van der Waals surface area contributed by atoms with E-state index in [0.29, 0.717) is 10.9 Å². The van der Waals surface area contributed by atoms with Crippen LogP contribution in [0.3, 0.4) is 0 Å². The lowest BCUT2D eigenvalue weighted by atomic mass is 10.2. The fraction of sp³-hybridized carbons (Fsp3) is 0. The molecule has 9 heteroatoms. The quantitative estimate of drug-likeness (QED) is 0.283. The third kappa shape index (κ3) is 3.51. The molecule has 0 spiro atoms. The molecule has 0 saturated carbocycles.